The highest BCUT2D eigenvalue weighted by Gasteiger charge is 2.36. The molecule has 1 aliphatic carbocycles. The summed E-state index contributed by atoms with van der Waals surface area (Å²) < 4.78 is 13.8. The molecule has 1 aromatic heterocycles. The van der Waals surface area contributed by atoms with E-state index in [0.717, 1.165) is 0 Å². The lowest BCUT2D eigenvalue weighted by molar-refractivity contribution is 0.440. The minimum Gasteiger partial charge on any atom is -0.321 e. The van der Waals surface area contributed by atoms with Crippen molar-refractivity contribution in [3.8, 4) is 0 Å². The number of nitrogens with zero attached hydrogens (tertiary/aromatic N) is 1. The molecular weight excluding hydrogens is 215 g/mol. The zero-order valence-corrected chi connectivity index (χ0v) is 9.36. The second-order valence-electron chi connectivity index (χ2n) is 4.63. The number of aromatic nitrogens is 1. The zero-order valence-electron chi connectivity index (χ0n) is 9.36. The van der Waals surface area contributed by atoms with E-state index < -0.39 is 5.54 Å². The monoisotopic (exact) mass is 228 g/mol. The molecule has 86 valence electrons. The van der Waals surface area contributed by atoms with Gasteiger partial charge in [-0.15, -0.1) is 0 Å². The van der Waals surface area contributed by atoms with Crippen LogP contribution in [0.3, 0.4) is 0 Å². The summed E-state index contributed by atoms with van der Waals surface area (Å²) in [4.78, 5) is 3.77. The van der Waals surface area contributed by atoms with Gasteiger partial charge in [0.1, 0.15) is 5.82 Å². The molecule has 0 spiro atoms. The van der Waals surface area contributed by atoms with Crippen LogP contribution in [0.1, 0.15) is 16.7 Å². The predicted octanol–water partition coefficient (Wildman–Crippen LogP) is 2.17. The SMILES string of the molecule is NC1(c2ccncc2F)Cc2ccccc2C1. The fraction of sp³-hybridized carbons (Fsp3) is 0.214. The lowest BCUT2D eigenvalue weighted by Gasteiger charge is -2.24. The standard InChI is InChI=1S/C14H13FN2/c15-13-9-17-6-5-12(13)14(16)7-10-3-1-2-4-11(10)8-14/h1-6,9H,7-8,16H2. The van der Waals surface area contributed by atoms with Crippen molar-refractivity contribution >= 4 is 0 Å². The molecular formula is C14H13FN2. The van der Waals surface area contributed by atoms with Crippen molar-refractivity contribution < 1.29 is 4.39 Å². The Morgan fingerprint density at radius 1 is 1.12 bits per heavy atom. The van der Waals surface area contributed by atoms with Gasteiger partial charge in [-0.2, -0.15) is 0 Å². The van der Waals surface area contributed by atoms with Crippen molar-refractivity contribution in [2.24, 2.45) is 5.73 Å². The molecule has 0 amide bonds. The molecule has 17 heavy (non-hydrogen) atoms. The maximum atomic E-state index is 13.8. The molecule has 2 aromatic rings. The van der Waals surface area contributed by atoms with Gasteiger partial charge in [0.25, 0.3) is 0 Å². The summed E-state index contributed by atoms with van der Waals surface area (Å²) >= 11 is 0. The van der Waals surface area contributed by atoms with Gasteiger partial charge in [-0.3, -0.25) is 4.98 Å². The Hall–Kier alpha value is -1.74. The van der Waals surface area contributed by atoms with Crippen LogP contribution in [-0.4, -0.2) is 4.98 Å². The molecule has 0 aliphatic heterocycles. The van der Waals surface area contributed by atoms with Crippen LogP contribution in [0.2, 0.25) is 0 Å². The van der Waals surface area contributed by atoms with Crippen LogP contribution in [0, 0.1) is 5.82 Å². The van der Waals surface area contributed by atoms with E-state index in [9.17, 15) is 4.39 Å². The number of nitrogens with two attached hydrogens (primary N) is 1. The molecule has 1 heterocycles. The number of pyridine rings is 1. The summed E-state index contributed by atoms with van der Waals surface area (Å²) in [5.74, 6) is -0.317. The van der Waals surface area contributed by atoms with E-state index in [1.165, 1.54) is 17.3 Å². The second-order valence-corrected chi connectivity index (χ2v) is 4.63. The molecule has 0 radical (unpaired) electrons. The maximum absolute atomic E-state index is 13.8. The summed E-state index contributed by atoms with van der Waals surface area (Å²) in [6, 6.07) is 9.79. The summed E-state index contributed by atoms with van der Waals surface area (Å²) in [6.45, 7) is 0. The number of rotatable bonds is 1. The van der Waals surface area contributed by atoms with E-state index in [4.69, 9.17) is 5.73 Å². The van der Waals surface area contributed by atoms with Gasteiger partial charge < -0.3 is 5.73 Å². The molecule has 1 aliphatic rings. The first kappa shape index (κ1) is 10.4. The minimum absolute atomic E-state index is 0.317. The zero-order chi connectivity index (χ0) is 11.9. The molecule has 3 heteroatoms. The van der Waals surface area contributed by atoms with Gasteiger partial charge in [0.2, 0.25) is 0 Å². The van der Waals surface area contributed by atoms with Crippen molar-refractivity contribution in [3.63, 3.8) is 0 Å². The van der Waals surface area contributed by atoms with E-state index in [-0.39, 0.29) is 5.82 Å². The highest BCUT2D eigenvalue weighted by atomic mass is 19.1. The molecule has 0 saturated carbocycles. The fourth-order valence-corrected chi connectivity index (χ4v) is 2.61. The van der Waals surface area contributed by atoms with Crippen molar-refractivity contribution in [1.82, 2.24) is 4.98 Å². The van der Waals surface area contributed by atoms with E-state index >= 15 is 0 Å². The van der Waals surface area contributed by atoms with Crippen LogP contribution < -0.4 is 5.73 Å². The second kappa shape index (κ2) is 3.64. The fourth-order valence-electron chi connectivity index (χ4n) is 2.61. The highest BCUT2D eigenvalue weighted by molar-refractivity contribution is 5.40. The molecule has 3 rings (SSSR count). The Kier molecular flexibility index (Phi) is 2.23. The van der Waals surface area contributed by atoms with Crippen molar-refractivity contribution in [1.29, 1.82) is 0 Å². The summed E-state index contributed by atoms with van der Waals surface area (Å²) in [5.41, 5.74) is 8.72. The average Bonchev–Trinajstić information content (AvgIpc) is 2.66. The molecule has 1 aromatic carbocycles. The third-order valence-corrected chi connectivity index (χ3v) is 3.44. The van der Waals surface area contributed by atoms with Crippen LogP contribution in [0.25, 0.3) is 0 Å². The van der Waals surface area contributed by atoms with Crippen LogP contribution in [0.4, 0.5) is 4.39 Å². The van der Waals surface area contributed by atoms with Crippen LogP contribution in [-0.2, 0) is 18.4 Å². The third-order valence-electron chi connectivity index (χ3n) is 3.44. The smallest absolute Gasteiger partial charge is 0.146 e. The predicted molar refractivity (Wildman–Crippen MR) is 63.9 cm³/mol. The minimum atomic E-state index is -0.628. The number of halogens is 1. The summed E-state index contributed by atoms with van der Waals surface area (Å²) in [6.07, 6.45) is 4.19. The quantitative estimate of drug-likeness (QED) is 0.812. The average molecular weight is 228 g/mol. The molecule has 0 fully saturated rings. The lowest BCUT2D eigenvalue weighted by Crippen LogP contribution is -2.38. The van der Waals surface area contributed by atoms with Crippen molar-refractivity contribution in [2.45, 2.75) is 18.4 Å². The van der Waals surface area contributed by atoms with E-state index in [1.54, 1.807) is 12.3 Å². The summed E-state index contributed by atoms with van der Waals surface area (Å²) in [5, 5.41) is 0. The van der Waals surface area contributed by atoms with Gasteiger partial charge in [0.15, 0.2) is 0 Å². The van der Waals surface area contributed by atoms with Crippen LogP contribution in [0.15, 0.2) is 42.7 Å². The Balaban J connectivity index is 2.05. The van der Waals surface area contributed by atoms with E-state index in [1.807, 2.05) is 12.1 Å². The van der Waals surface area contributed by atoms with Gasteiger partial charge >= 0.3 is 0 Å². The third kappa shape index (κ3) is 1.63. The first-order valence-corrected chi connectivity index (χ1v) is 5.65. The Labute approximate surface area is 99.3 Å². The van der Waals surface area contributed by atoms with Gasteiger partial charge in [0, 0.05) is 11.8 Å². The van der Waals surface area contributed by atoms with Gasteiger partial charge in [0.05, 0.1) is 11.7 Å². The molecule has 0 unspecified atom stereocenters. The number of hydrogen-bond acceptors (Lipinski definition) is 2. The molecule has 0 bridgehead atoms. The molecule has 2 N–H and O–H groups in total. The Morgan fingerprint density at radius 2 is 1.76 bits per heavy atom. The van der Waals surface area contributed by atoms with Gasteiger partial charge in [-0.25, -0.2) is 4.39 Å². The Morgan fingerprint density at radius 3 is 2.35 bits per heavy atom. The molecule has 2 nitrogen and oxygen atoms in total. The van der Waals surface area contributed by atoms with Crippen LogP contribution >= 0.6 is 0 Å². The van der Waals surface area contributed by atoms with Crippen molar-refractivity contribution in [2.75, 3.05) is 0 Å². The maximum Gasteiger partial charge on any atom is 0.146 e. The number of benzene rings is 1. The first-order valence-electron chi connectivity index (χ1n) is 5.65. The largest absolute Gasteiger partial charge is 0.321 e. The van der Waals surface area contributed by atoms with Gasteiger partial charge in [-0.05, 0) is 30.0 Å². The van der Waals surface area contributed by atoms with Crippen LogP contribution in [0.5, 0.6) is 0 Å². The molecule has 0 saturated heterocycles. The first-order chi connectivity index (χ1) is 8.19. The lowest BCUT2D eigenvalue weighted by atomic mass is 9.88. The normalized spacial score (nSPS) is 16.8. The summed E-state index contributed by atoms with van der Waals surface area (Å²) in [7, 11) is 0. The highest BCUT2D eigenvalue weighted by Crippen LogP contribution is 2.36. The van der Waals surface area contributed by atoms with E-state index in [2.05, 4.69) is 17.1 Å². The molecule has 0 atom stereocenters. The topological polar surface area (TPSA) is 38.9 Å². The van der Waals surface area contributed by atoms with Crippen molar-refractivity contribution in [3.05, 3.63) is 65.2 Å². The number of fused-ring (bicyclic) bond motifs is 1. The van der Waals surface area contributed by atoms with E-state index in [0.29, 0.717) is 18.4 Å². The number of hydrogen-bond donors (Lipinski definition) is 1. The Bertz CT molecular complexity index is 541. The van der Waals surface area contributed by atoms with Gasteiger partial charge in [-0.1, -0.05) is 24.3 Å².